The van der Waals surface area contributed by atoms with E-state index >= 15 is 0 Å². The van der Waals surface area contributed by atoms with Gasteiger partial charge >= 0.3 is 12.1 Å². The van der Waals surface area contributed by atoms with Crippen molar-refractivity contribution in [2.45, 2.75) is 38.4 Å². The molecule has 10 heteroatoms. The second kappa shape index (κ2) is 12.2. The molecule has 0 aromatic heterocycles. The molecule has 5 N–H and O–H groups in total. The van der Waals surface area contributed by atoms with E-state index in [1.807, 2.05) is 42.5 Å². The number of likely N-dealkylation sites (tertiary alicyclic amines) is 1. The van der Waals surface area contributed by atoms with Gasteiger partial charge in [-0.3, -0.25) is 10.1 Å². The summed E-state index contributed by atoms with van der Waals surface area (Å²) in [5.41, 5.74) is 7.97. The predicted octanol–water partition coefficient (Wildman–Crippen LogP) is 2.88. The van der Waals surface area contributed by atoms with Crippen molar-refractivity contribution in [3.05, 3.63) is 64.7 Å². The van der Waals surface area contributed by atoms with Crippen LogP contribution >= 0.6 is 11.6 Å². The van der Waals surface area contributed by atoms with Gasteiger partial charge in [0.2, 0.25) is 5.91 Å². The summed E-state index contributed by atoms with van der Waals surface area (Å²) in [4.78, 5) is 38.5. The molecule has 0 radical (unpaired) electrons. The van der Waals surface area contributed by atoms with Gasteiger partial charge < -0.3 is 26.0 Å². The normalized spacial score (nSPS) is 17.2. The number of halogens is 1. The number of amides is 4. The van der Waals surface area contributed by atoms with Crippen LogP contribution in [0.3, 0.4) is 0 Å². The van der Waals surface area contributed by atoms with Crippen molar-refractivity contribution in [3.63, 3.8) is 0 Å². The van der Waals surface area contributed by atoms with E-state index in [4.69, 9.17) is 22.1 Å². The Kier molecular flexibility index (Phi) is 9.12. The van der Waals surface area contributed by atoms with Gasteiger partial charge in [-0.05, 0) is 42.2 Å². The van der Waals surface area contributed by atoms with E-state index in [2.05, 4.69) is 22.9 Å². The van der Waals surface area contributed by atoms with Gasteiger partial charge in [-0.1, -0.05) is 48.9 Å². The topological polar surface area (TPSA) is 126 Å². The van der Waals surface area contributed by atoms with Crippen LogP contribution in [0.25, 0.3) is 0 Å². The van der Waals surface area contributed by atoms with Crippen molar-refractivity contribution in [2.75, 3.05) is 25.0 Å². The van der Waals surface area contributed by atoms with Crippen molar-refractivity contribution >= 4 is 35.3 Å². The molecule has 2 unspecified atom stereocenters. The lowest BCUT2D eigenvalue weighted by atomic mass is 10.1. The van der Waals surface area contributed by atoms with E-state index in [1.165, 1.54) is 0 Å². The van der Waals surface area contributed by atoms with E-state index < -0.39 is 12.1 Å². The number of urea groups is 1. The first-order valence-corrected chi connectivity index (χ1v) is 11.6. The number of anilines is 1. The summed E-state index contributed by atoms with van der Waals surface area (Å²) in [5, 5.41) is 8.89. The lowest BCUT2D eigenvalue weighted by Gasteiger charge is -2.24. The van der Waals surface area contributed by atoms with Gasteiger partial charge in [0, 0.05) is 29.8 Å². The minimum absolute atomic E-state index is 0.0205. The lowest BCUT2D eigenvalue weighted by molar-refractivity contribution is -0.120. The first-order valence-electron chi connectivity index (χ1n) is 11.2. The molecule has 1 heterocycles. The minimum Gasteiger partial charge on any atom is -0.447 e. The second-order valence-electron chi connectivity index (χ2n) is 8.03. The Bertz CT molecular complexity index is 1000. The molecule has 1 aliphatic rings. The van der Waals surface area contributed by atoms with Gasteiger partial charge in [0.05, 0.1) is 12.6 Å². The monoisotopic (exact) mass is 487 g/mol. The number of benzene rings is 2. The Hall–Kier alpha value is -3.30. The van der Waals surface area contributed by atoms with Crippen molar-refractivity contribution in [1.82, 2.24) is 15.5 Å². The van der Waals surface area contributed by atoms with Crippen LogP contribution < -0.4 is 21.7 Å². The Balaban J connectivity index is 1.59. The Morgan fingerprint density at radius 1 is 1.15 bits per heavy atom. The zero-order valence-electron chi connectivity index (χ0n) is 19.1. The molecule has 2 atom stereocenters. The third-order valence-electron chi connectivity index (χ3n) is 5.63. The fourth-order valence-corrected chi connectivity index (χ4v) is 3.98. The van der Waals surface area contributed by atoms with Crippen LogP contribution in [-0.4, -0.2) is 54.7 Å². The summed E-state index contributed by atoms with van der Waals surface area (Å²) in [6.45, 7) is 2.41. The van der Waals surface area contributed by atoms with Crippen LogP contribution in [0.15, 0.2) is 48.5 Å². The Morgan fingerprint density at radius 3 is 2.56 bits per heavy atom. The zero-order valence-corrected chi connectivity index (χ0v) is 19.8. The highest BCUT2D eigenvalue weighted by molar-refractivity contribution is 6.31. The van der Waals surface area contributed by atoms with Crippen LogP contribution in [0.1, 0.15) is 24.5 Å². The predicted molar refractivity (Wildman–Crippen MR) is 131 cm³/mol. The van der Waals surface area contributed by atoms with Crippen molar-refractivity contribution in [3.8, 4) is 0 Å². The fourth-order valence-electron chi connectivity index (χ4n) is 3.78. The van der Waals surface area contributed by atoms with Crippen LogP contribution in [0, 0.1) is 0 Å². The Labute approximate surface area is 204 Å². The average molecular weight is 488 g/mol. The number of hydrogen-bond acceptors (Lipinski definition) is 5. The summed E-state index contributed by atoms with van der Waals surface area (Å²) < 4.78 is 5.40. The van der Waals surface area contributed by atoms with E-state index in [1.54, 1.807) is 11.0 Å². The van der Waals surface area contributed by atoms with Crippen LogP contribution in [0.4, 0.5) is 15.3 Å². The highest BCUT2D eigenvalue weighted by Gasteiger charge is 2.36. The molecule has 182 valence electrons. The summed E-state index contributed by atoms with van der Waals surface area (Å²) in [6.07, 6.45) is 0.724. The standard InChI is InChI=1S/C24H30ClN5O4/c1-2-16-7-9-18(10-8-16)29-24(33)34-15-20-11-19(28-22(31)12-26)14-30(20)23(32)27-13-17-5-3-4-6-21(17)25/h3-10,19-20H,2,11-15,26H2,1H3,(H,27,32)(H,28,31)(H,29,33). The second-order valence-corrected chi connectivity index (χ2v) is 8.44. The summed E-state index contributed by atoms with van der Waals surface area (Å²) in [6, 6.07) is 13.7. The summed E-state index contributed by atoms with van der Waals surface area (Å²) >= 11 is 6.17. The molecule has 2 aromatic rings. The number of carbonyl (C=O) groups excluding carboxylic acids is 3. The van der Waals surface area contributed by atoms with Crippen LogP contribution in [0.5, 0.6) is 0 Å². The van der Waals surface area contributed by atoms with Gasteiger partial charge in [-0.2, -0.15) is 0 Å². The minimum atomic E-state index is -0.616. The Morgan fingerprint density at radius 2 is 1.88 bits per heavy atom. The number of rotatable bonds is 8. The van der Waals surface area contributed by atoms with Crippen LogP contribution in [-0.2, 0) is 22.5 Å². The van der Waals surface area contributed by atoms with E-state index in [0.29, 0.717) is 17.1 Å². The molecular formula is C24H30ClN5O4. The smallest absolute Gasteiger partial charge is 0.411 e. The fraction of sp³-hybridized carbons (Fsp3) is 0.375. The van der Waals surface area contributed by atoms with Gasteiger partial charge in [-0.15, -0.1) is 0 Å². The van der Waals surface area contributed by atoms with Crippen molar-refractivity contribution in [2.24, 2.45) is 5.73 Å². The van der Waals surface area contributed by atoms with Gasteiger partial charge in [-0.25, -0.2) is 9.59 Å². The number of carbonyl (C=O) groups is 3. The SMILES string of the molecule is CCc1ccc(NC(=O)OCC2CC(NC(=O)CN)CN2C(=O)NCc2ccccc2Cl)cc1. The highest BCUT2D eigenvalue weighted by Crippen LogP contribution is 2.20. The molecular weight excluding hydrogens is 458 g/mol. The van der Waals surface area contributed by atoms with Gasteiger partial charge in [0.1, 0.15) is 6.61 Å². The molecule has 2 aromatic carbocycles. The number of nitrogens with two attached hydrogens (primary N) is 1. The number of nitrogens with zero attached hydrogens (tertiary/aromatic N) is 1. The quantitative estimate of drug-likeness (QED) is 0.455. The first kappa shape index (κ1) is 25.3. The lowest BCUT2D eigenvalue weighted by Crippen LogP contribution is -2.46. The number of ether oxygens (including phenoxy) is 1. The average Bonchev–Trinajstić information content (AvgIpc) is 3.25. The van der Waals surface area contributed by atoms with Crippen molar-refractivity contribution in [1.29, 1.82) is 0 Å². The maximum Gasteiger partial charge on any atom is 0.411 e. The van der Waals surface area contributed by atoms with Crippen LogP contribution in [0.2, 0.25) is 5.02 Å². The first-order chi connectivity index (χ1) is 16.4. The third-order valence-corrected chi connectivity index (χ3v) is 6.00. The summed E-state index contributed by atoms with van der Waals surface area (Å²) in [7, 11) is 0. The molecule has 34 heavy (non-hydrogen) atoms. The largest absolute Gasteiger partial charge is 0.447 e. The number of nitrogens with one attached hydrogen (secondary N) is 3. The molecule has 9 nitrogen and oxygen atoms in total. The maximum atomic E-state index is 12.9. The molecule has 0 spiro atoms. The van der Waals surface area contributed by atoms with Gasteiger partial charge in [0.25, 0.3) is 0 Å². The highest BCUT2D eigenvalue weighted by atomic mass is 35.5. The molecule has 1 aliphatic heterocycles. The van der Waals surface area contributed by atoms with E-state index in [-0.39, 0.29) is 44.2 Å². The summed E-state index contributed by atoms with van der Waals surface area (Å²) in [5.74, 6) is -0.309. The number of aryl methyl sites for hydroxylation is 1. The molecule has 0 aliphatic carbocycles. The molecule has 4 amide bonds. The molecule has 1 fully saturated rings. The van der Waals surface area contributed by atoms with E-state index in [0.717, 1.165) is 17.5 Å². The molecule has 0 bridgehead atoms. The number of hydrogen-bond donors (Lipinski definition) is 4. The van der Waals surface area contributed by atoms with Crippen molar-refractivity contribution < 1.29 is 19.1 Å². The molecule has 0 saturated carbocycles. The zero-order chi connectivity index (χ0) is 24.5. The molecule has 3 rings (SSSR count). The maximum absolute atomic E-state index is 12.9. The molecule has 1 saturated heterocycles. The van der Waals surface area contributed by atoms with Gasteiger partial charge in [0.15, 0.2) is 0 Å². The third kappa shape index (κ3) is 7.10. The van der Waals surface area contributed by atoms with E-state index in [9.17, 15) is 14.4 Å².